The SMILES string of the molecule is COc1cc(N)c(Cl)cc1CC(=O)CCCN1CCCCC1. The first-order chi connectivity index (χ1) is 10.6. The van der Waals surface area contributed by atoms with Crippen LogP contribution in [0.5, 0.6) is 5.75 Å². The average Bonchev–Trinajstić information content (AvgIpc) is 2.51. The molecule has 0 atom stereocenters. The molecule has 0 saturated carbocycles. The lowest BCUT2D eigenvalue weighted by Crippen LogP contribution is -2.30. The molecule has 1 heterocycles. The van der Waals surface area contributed by atoms with Crippen molar-refractivity contribution in [1.29, 1.82) is 0 Å². The maximum Gasteiger partial charge on any atom is 0.137 e. The molecule has 5 heteroatoms. The number of ether oxygens (including phenoxy) is 1. The van der Waals surface area contributed by atoms with Crippen LogP contribution in [0.3, 0.4) is 0 Å². The van der Waals surface area contributed by atoms with Crippen molar-refractivity contribution in [2.24, 2.45) is 0 Å². The summed E-state index contributed by atoms with van der Waals surface area (Å²) in [5.41, 5.74) is 7.04. The van der Waals surface area contributed by atoms with Gasteiger partial charge in [-0.05, 0) is 45.0 Å². The van der Waals surface area contributed by atoms with Gasteiger partial charge < -0.3 is 15.4 Å². The van der Waals surface area contributed by atoms with Crippen LogP contribution in [0.15, 0.2) is 12.1 Å². The van der Waals surface area contributed by atoms with Gasteiger partial charge in [0, 0.05) is 24.5 Å². The van der Waals surface area contributed by atoms with Gasteiger partial charge in [0.15, 0.2) is 0 Å². The highest BCUT2D eigenvalue weighted by Gasteiger charge is 2.13. The Balaban J connectivity index is 1.82. The molecule has 1 aromatic rings. The summed E-state index contributed by atoms with van der Waals surface area (Å²) in [5, 5.41) is 0.469. The lowest BCUT2D eigenvalue weighted by Gasteiger charge is -2.26. The number of methoxy groups -OCH3 is 1. The van der Waals surface area contributed by atoms with E-state index in [0.29, 0.717) is 29.3 Å². The van der Waals surface area contributed by atoms with Crippen molar-refractivity contribution in [3.63, 3.8) is 0 Å². The third-order valence-corrected chi connectivity index (χ3v) is 4.49. The minimum absolute atomic E-state index is 0.219. The van der Waals surface area contributed by atoms with Crippen molar-refractivity contribution in [2.45, 2.75) is 38.5 Å². The second-order valence-electron chi connectivity index (χ2n) is 5.91. The van der Waals surface area contributed by atoms with Gasteiger partial charge in [-0.15, -0.1) is 0 Å². The molecular weight excluding hydrogens is 300 g/mol. The Morgan fingerprint density at radius 3 is 2.73 bits per heavy atom. The summed E-state index contributed by atoms with van der Waals surface area (Å²) in [5.74, 6) is 0.849. The standard InChI is InChI=1S/C17H25ClN2O2/c1-22-17-12-16(19)15(18)11-13(17)10-14(21)6-5-9-20-7-3-2-4-8-20/h11-12H,2-10,19H2,1H3. The molecule has 4 nitrogen and oxygen atoms in total. The van der Waals surface area contributed by atoms with Gasteiger partial charge in [0.1, 0.15) is 11.5 Å². The number of nitrogens with zero attached hydrogens (tertiary/aromatic N) is 1. The molecule has 1 aliphatic heterocycles. The van der Waals surface area contributed by atoms with Gasteiger partial charge >= 0.3 is 0 Å². The van der Waals surface area contributed by atoms with E-state index < -0.39 is 0 Å². The van der Waals surface area contributed by atoms with E-state index in [2.05, 4.69) is 4.90 Å². The molecule has 0 unspecified atom stereocenters. The fourth-order valence-corrected chi connectivity index (χ4v) is 3.11. The number of nitrogens with two attached hydrogens (primary N) is 1. The highest BCUT2D eigenvalue weighted by atomic mass is 35.5. The number of piperidine rings is 1. The zero-order valence-corrected chi connectivity index (χ0v) is 14.0. The fraction of sp³-hybridized carbons (Fsp3) is 0.588. The molecule has 1 saturated heterocycles. The summed E-state index contributed by atoms with van der Waals surface area (Å²) in [6.45, 7) is 3.37. The van der Waals surface area contributed by atoms with E-state index in [-0.39, 0.29) is 5.78 Å². The number of ketones is 1. The summed E-state index contributed by atoms with van der Waals surface area (Å²) in [4.78, 5) is 14.6. The van der Waals surface area contributed by atoms with Crippen molar-refractivity contribution in [1.82, 2.24) is 4.90 Å². The first-order valence-corrected chi connectivity index (χ1v) is 8.34. The number of hydrogen-bond donors (Lipinski definition) is 1. The number of carbonyl (C=O) groups excluding carboxylic acids is 1. The fourth-order valence-electron chi connectivity index (χ4n) is 2.92. The number of nitrogen functional groups attached to an aromatic ring is 1. The zero-order chi connectivity index (χ0) is 15.9. The van der Waals surface area contributed by atoms with Crippen LogP contribution in [0.4, 0.5) is 5.69 Å². The summed E-state index contributed by atoms with van der Waals surface area (Å²) < 4.78 is 5.28. The van der Waals surface area contributed by atoms with Gasteiger partial charge in [-0.3, -0.25) is 4.79 Å². The monoisotopic (exact) mass is 324 g/mol. The van der Waals surface area contributed by atoms with Crippen LogP contribution in [0.1, 0.15) is 37.7 Å². The van der Waals surface area contributed by atoms with Gasteiger partial charge in [-0.2, -0.15) is 0 Å². The molecule has 0 aromatic heterocycles. The molecule has 2 rings (SSSR count). The minimum Gasteiger partial charge on any atom is -0.496 e. The maximum atomic E-state index is 12.2. The largest absolute Gasteiger partial charge is 0.496 e. The Morgan fingerprint density at radius 2 is 2.05 bits per heavy atom. The lowest BCUT2D eigenvalue weighted by atomic mass is 10.0. The lowest BCUT2D eigenvalue weighted by molar-refractivity contribution is -0.118. The van der Waals surface area contributed by atoms with Crippen LogP contribution in [0.25, 0.3) is 0 Å². The average molecular weight is 325 g/mol. The first kappa shape index (κ1) is 17.1. The molecule has 0 bridgehead atoms. The number of rotatable bonds is 7. The summed E-state index contributed by atoms with van der Waals surface area (Å²) in [6.07, 6.45) is 5.78. The second-order valence-corrected chi connectivity index (χ2v) is 6.31. The number of Topliss-reactive ketones (excluding diaryl/α,β-unsaturated/α-hetero) is 1. The predicted molar refractivity (Wildman–Crippen MR) is 90.7 cm³/mol. The van der Waals surface area contributed by atoms with Crippen LogP contribution in [-0.4, -0.2) is 37.4 Å². The number of hydrogen-bond acceptors (Lipinski definition) is 4. The Bertz CT molecular complexity index is 514. The van der Waals surface area contributed by atoms with Crippen molar-refractivity contribution >= 4 is 23.1 Å². The van der Waals surface area contributed by atoms with Crippen LogP contribution >= 0.6 is 11.6 Å². The third-order valence-electron chi connectivity index (χ3n) is 4.17. The van der Waals surface area contributed by atoms with E-state index in [4.69, 9.17) is 22.1 Å². The van der Waals surface area contributed by atoms with Gasteiger partial charge in [0.25, 0.3) is 0 Å². The Hall–Kier alpha value is -1.26. The van der Waals surface area contributed by atoms with Gasteiger partial charge in [-0.25, -0.2) is 0 Å². The Morgan fingerprint density at radius 1 is 1.32 bits per heavy atom. The zero-order valence-electron chi connectivity index (χ0n) is 13.2. The molecule has 122 valence electrons. The summed E-state index contributed by atoms with van der Waals surface area (Å²) in [7, 11) is 1.58. The summed E-state index contributed by atoms with van der Waals surface area (Å²) >= 11 is 6.03. The highest BCUT2D eigenvalue weighted by Crippen LogP contribution is 2.29. The molecule has 0 aliphatic carbocycles. The number of carbonyl (C=O) groups is 1. The molecule has 0 amide bonds. The van der Waals surface area contributed by atoms with Crippen molar-refractivity contribution < 1.29 is 9.53 Å². The molecule has 0 radical (unpaired) electrons. The third kappa shape index (κ3) is 4.89. The molecular formula is C17H25ClN2O2. The molecule has 2 N–H and O–H groups in total. The van der Waals surface area contributed by atoms with E-state index in [9.17, 15) is 4.79 Å². The van der Waals surface area contributed by atoms with Gasteiger partial charge in [0.2, 0.25) is 0 Å². The maximum absolute atomic E-state index is 12.2. The predicted octanol–water partition coefficient (Wildman–Crippen LogP) is 3.31. The molecule has 1 aliphatic rings. The van der Waals surface area contributed by atoms with E-state index in [1.807, 2.05) is 0 Å². The van der Waals surface area contributed by atoms with Crippen LogP contribution < -0.4 is 10.5 Å². The van der Waals surface area contributed by atoms with E-state index in [0.717, 1.165) is 18.5 Å². The van der Waals surface area contributed by atoms with E-state index in [1.54, 1.807) is 19.2 Å². The quantitative estimate of drug-likeness (QED) is 0.782. The number of anilines is 1. The van der Waals surface area contributed by atoms with Gasteiger partial charge in [-0.1, -0.05) is 18.0 Å². The van der Waals surface area contributed by atoms with E-state index >= 15 is 0 Å². The Labute approximate surface area is 137 Å². The second kappa shape index (κ2) is 8.39. The molecule has 0 spiro atoms. The molecule has 1 aromatic carbocycles. The topological polar surface area (TPSA) is 55.6 Å². The first-order valence-electron chi connectivity index (χ1n) is 7.96. The van der Waals surface area contributed by atoms with Gasteiger partial charge in [0.05, 0.1) is 17.8 Å². The number of benzene rings is 1. The molecule has 22 heavy (non-hydrogen) atoms. The van der Waals surface area contributed by atoms with Crippen molar-refractivity contribution in [3.8, 4) is 5.75 Å². The Kier molecular flexibility index (Phi) is 6.52. The van der Waals surface area contributed by atoms with E-state index in [1.165, 1.54) is 32.4 Å². The van der Waals surface area contributed by atoms with Crippen molar-refractivity contribution in [3.05, 3.63) is 22.7 Å². The highest BCUT2D eigenvalue weighted by molar-refractivity contribution is 6.33. The normalized spacial score (nSPS) is 15.7. The number of halogens is 1. The number of likely N-dealkylation sites (tertiary alicyclic amines) is 1. The molecule has 1 fully saturated rings. The van der Waals surface area contributed by atoms with Crippen LogP contribution in [0.2, 0.25) is 5.02 Å². The van der Waals surface area contributed by atoms with Crippen molar-refractivity contribution in [2.75, 3.05) is 32.5 Å². The minimum atomic E-state index is 0.219. The van der Waals surface area contributed by atoms with Crippen LogP contribution in [0, 0.1) is 0 Å². The van der Waals surface area contributed by atoms with Crippen LogP contribution in [-0.2, 0) is 11.2 Å². The summed E-state index contributed by atoms with van der Waals surface area (Å²) in [6, 6.07) is 3.41. The smallest absolute Gasteiger partial charge is 0.137 e.